The molecule has 0 spiro atoms. The van der Waals surface area contributed by atoms with E-state index in [1.54, 1.807) is 0 Å². The number of amidine groups is 1. The molecular weight excluding hydrogens is 495 g/mol. The van der Waals surface area contributed by atoms with Gasteiger partial charge in [-0.15, -0.1) is 24.5 Å². The van der Waals surface area contributed by atoms with Crippen molar-refractivity contribution in [3.63, 3.8) is 0 Å². The summed E-state index contributed by atoms with van der Waals surface area (Å²) in [6, 6.07) is 8.13. The highest BCUT2D eigenvalue weighted by atomic mass is 32.1. The Labute approximate surface area is 190 Å². The van der Waals surface area contributed by atoms with Crippen molar-refractivity contribution in [3.05, 3.63) is 71.0 Å². The Morgan fingerprint density at radius 1 is 1.00 bits per heavy atom. The highest BCUT2D eigenvalue weighted by Gasteiger charge is 2.34. The molecule has 0 radical (unpaired) electrons. The Bertz CT molecular complexity index is 1180. The molecule has 1 aromatic heterocycles. The van der Waals surface area contributed by atoms with Gasteiger partial charge in [0.2, 0.25) is 5.13 Å². The third-order valence-electron chi connectivity index (χ3n) is 3.73. The Morgan fingerprint density at radius 2 is 1.71 bits per heavy atom. The summed E-state index contributed by atoms with van der Waals surface area (Å²) in [5.41, 5.74) is 3.51. The maximum atomic E-state index is 13.6. The van der Waals surface area contributed by atoms with Crippen molar-refractivity contribution in [2.45, 2.75) is 12.5 Å². The van der Waals surface area contributed by atoms with Crippen molar-refractivity contribution < 1.29 is 40.3 Å². The largest absolute Gasteiger partial charge is 0.573 e. The smallest absolute Gasteiger partial charge is 0.406 e. The number of carbonyl (C=O) groups excluding carboxylic acids is 1. The molecule has 3 rings (SSSR count). The number of rotatable bonds is 4. The standard InChI is InChI=1S/C19H12F7N5O2S/c20-11-3-1-2-10(8-11)15(29-17-28-14(9-34-17)18(21,22)23)30-31-16(32)27-12-4-6-13(7-5-12)33-19(24,25)26/h1-9H,(H2,27,31,32)(H,28,29,30). The van der Waals surface area contributed by atoms with Crippen molar-refractivity contribution in [1.82, 2.24) is 15.8 Å². The molecule has 0 saturated carbocycles. The maximum absolute atomic E-state index is 13.6. The van der Waals surface area contributed by atoms with Crippen LogP contribution in [0.15, 0.2) is 58.9 Å². The van der Waals surface area contributed by atoms with Crippen LogP contribution in [-0.4, -0.2) is 23.2 Å². The van der Waals surface area contributed by atoms with Gasteiger partial charge in [-0.2, -0.15) is 18.2 Å². The molecule has 1 heterocycles. The quantitative estimate of drug-likeness (QED) is 0.186. The number of ether oxygens (including phenoxy) is 1. The van der Waals surface area contributed by atoms with Gasteiger partial charge in [0.05, 0.1) is 0 Å². The van der Waals surface area contributed by atoms with Crippen molar-refractivity contribution >= 4 is 34.0 Å². The third-order valence-corrected chi connectivity index (χ3v) is 4.46. The first-order chi connectivity index (χ1) is 15.9. The van der Waals surface area contributed by atoms with E-state index in [2.05, 4.69) is 30.9 Å². The van der Waals surface area contributed by atoms with Crippen molar-refractivity contribution in [1.29, 1.82) is 0 Å². The van der Waals surface area contributed by atoms with Crippen molar-refractivity contribution in [2.24, 2.45) is 4.99 Å². The summed E-state index contributed by atoms with van der Waals surface area (Å²) in [5, 5.41) is 2.72. The molecule has 0 fully saturated rings. The number of halogens is 7. The first-order valence-electron chi connectivity index (χ1n) is 8.95. The van der Waals surface area contributed by atoms with Gasteiger partial charge in [-0.3, -0.25) is 10.9 Å². The van der Waals surface area contributed by atoms with Crippen molar-refractivity contribution in [3.8, 4) is 5.75 Å². The van der Waals surface area contributed by atoms with Gasteiger partial charge in [-0.05, 0) is 36.4 Å². The Kier molecular flexibility index (Phi) is 7.24. The van der Waals surface area contributed by atoms with Crippen LogP contribution in [0.4, 0.5) is 46.3 Å². The average molecular weight is 507 g/mol. The van der Waals surface area contributed by atoms with Gasteiger partial charge in [0.1, 0.15) is 11.6 Å². The zero-order valence-corrected chi connectivity index (χ0v) is 17.3. The summed E-state index contributed by atoms with van der Waals surface area (Å²) in [4.78, 5) is 19.4. The minimum absolute atomic E-state index is 0.0812. The van der Waals surface area contributed by atoms with Crippen LogP contribution in [0.25, 0.3) is 0 Å². The van der Waals surface area contributed by atoms with Crippen molar-refractivity contribution in [2.75, 3.05) is 5.32 Å². The third kappa shape index (κ3) is 7.33. The van der Waals surface area contributed by atoms with Gasteiger partial charge in [0.15, 0.2) is 11.5 Å². The maximum Gasteiger partial charge on any atom is 0.573 e. The van der Waals surface area contributed by atoms with Gasteiger partial charge < -0.3 is 10.1 Å². The monoisotopic (exact) mass is 507 g/mol. The number of aliphatic imine (C=N–C) groups is 1. The lowest BCUT2D eigenvalue weighted by Gasteiger charge is -2.13. The lowest BCUT2D eigenvalue weighted by Crippen LogP contribution is -2.44. The second-order valence-corrected chi connectivity index (χ2v) is 7.10. The van der Waals surface area contributed by atoms with Gasteiger partial charge in [-0.1, -0.05) is 12.1 Å². The number of benzene rings is 2. The molecule has 0 aliphatic rings. The van der Waals surface area contributed by atoms with Crippen LogP contribution in [0.3, 0.4) is 0 Å². The van der Waals surface area contributed by atoms with Crippen LogP contribution in [0.5, 0.6) is 5.75 Å². The fraction of sp³-hybridized carbons (Fsp3) is 0.105. The van der Waals surface area contributed by atoms with E-state index in [1.165, 1.54) is 12.1 Å². The fourth-order valence-corrected chi connectivity index (χ4v) is 3.06. The van der Waals surface area contributed by atoms with E-state index in [0.717, 1.165) is 41.8 Å². The summed E-state index contributed by atoms with van der Waals surface area (Å²) < 4.78 is 92.3. The lowest BCUT2D eigenvalue weighted by molar-refractivity contribution is -0.274. The van der Waals surface area contributed by atoms with E-state index in [0.29, 0.717) is 11.3 Å². The molecule has 180 valence electrons. The molecule has 0 unspecified atom stereocenters. The predicted molar refractivity (Wildman–Crippen MR) is 108 cm³/mol. The second kappa shape index (κ2) is 9.94. The minimum Gasteiger partial charge on any atom is -0.406 e. The van der Waals surface area contributed by atoms with E-state index in [9.17, 15) is 35.5 Å². The number of nitrogens with zero attached hydrogens (tertiary/aromatic N) is 2. The predicted octanol–water partition coefficient (Wildman–Crippen LogP) is 5.60. The van der Waals surface area contributed by atoms with Crippen LogP contribution in [-0.2, 0) is 6.18 Å². The molecular formula is C19H12F7N5O2S. The number of anilines is 1. The molecule has 3 aromatic rings. The molecule has 7 nitrogen and oxygen atoms in total. The second-order valence-electron chi connectivity index (χ2n) is 6.26. The zero-order chi connectivity index (χ0) is 24.9. The lowest BCUT2D eigenvalue weighted by atomic mass is 10.2. The van der Waals surface area contributed by atoms with E-state index >= 15 is 0 Å². The summed E-state index contributed by atoms with van der Waals surface area (Å²) in [7, 11) is 0. The van der Waals surface area contributed by atoms with Gasteiger partial charge >= 0.3 is 18.6 Å². The number of aromatic nitrogens is 1. The van der Waals surface area contributed by atoms with Gasteiger partial charge in [-0.25, -0.2) is 14.2 Å². The van der Waals surface area contributed by atoms with E-state index < -0.39 is 35.8 Å². The van der Waals surface area contributed by atoms with Crippen LogP contribution in [0.1, 0.15) is 11.3 Å². The molecule has 15 heteroatoms. The van der Waals surface area contributed by atoms with E-state index in [1.807, 2.05) is 0 Å². The summed E-state index contributed by atoms with van der Waals surface area (Å²) in [5.74, 6) is -1.40. The van der Waals surface area contributed by atoms with Crippen LogP contribution in [0.2, 0.25) is 0 Å². The SMILES string of the molecule is O=C(NNC(=Nc1nc(C(F)(F)F)cs1)c1cccc(F)c1)Nc1ccc(OC(F)(F)F)cc1. The summed E-state index contributed by atoms with van der Waals surface area (Å²) in [6.07, 6.45) is -9.56. The number of thiazole rings is 1. The van der Waals surface area contributed by atoms with Crippen LogP contribution in [0, 0.1) is 5.82 Å². The van der Waals surface area contributed by atoms with E-state index in [-0.39, 0.29) is 22.2 Å². The average Bonchev–Trinajstić information content (AvgIpc) is 3.21. The number of carbonyl (C=O) groups is 1. The number of amides is 2. The van der Waals surface area contributed by atoms with Crippen LogP contribution < -0.4 is 20.9 Å². The summed E-state index contributed by atoms with van der Waals surface area (Å²) >= 11 is 0.573. The molecule has 0 aliphatic heterocycles. The molecule has 3 N–H and O–H groups in total. The fourth-order valence-electron chi connectivity index (χ4n) is 2.36. The van der Waals surface area contributed by atoms with E-state index in [4.69, 9.17) is 0 Å². The molecule has 0 atom stereocenters. The first-order valence-corrected chi connectivity index (χ1v) is 9.83. The Balaban J connectivity index is 1.72. The number of hydrogen-bond donors (Lipinski definition) is 3. The number of alkyl halides is 6. The molecule has 0 aliphatic carbocycles. The molecule has 2 amide bonds. The zero-order valence-electron chi connectivity index (χ0n) is 16.5. The summed E-state index contributed by atoms with van der Waals surface area (Å²) in [6.45, 7) is 0. The molecule has 2 aromatic carbocycles. The van der Waals surface area contributed by atoms with Gasteiger partial charge in [0.25, 0.3) is 0 Å². The number of hydrazine groups is 1. The Morgan fingerprint density at radius 3 is 2.29 bits per heavy atom. The minimum atomic E-state index is -4.87. The topological polar surface area (TPSA) is 87.6 Å². The Hall–Kier alpha value is -3.88. The van der Waals surface area contributed by atoms with Gasteiger partial charge in [0, 0.05) is 16.6 Å². The molecule has 34 heavy (non-hydrogen) atoms. The number of hydrogen-bond acceptors (Lipinski definition) is 5. The normalized spacial score (nSPS) is 12.3. The number of nitrogens with one attached hydrogen (secondary N) is 3. The number of urea groups is 1. The molecule has 0 saturated heterocycles. The molecule has 0 bridgehead atoms. The van der Waals surface area contributed by atoms with Crippen LogP contribution >= 0.6 is 11.3 Å². The highest BCUT2D eigenvalue weighted by molar-refractivity contribution is 7.13. The first kappa shape index (κ1) is 24.8. The highest BCUT2D eigenvalue weighted by Crippen LogP contribution is 2.32.